The first-order valence-corrected chi connectivity index (χ1v) is 11.7. The number of Topliss-reactive ketones (excluding diaryl/α,β-unsaturated/α-hetero) is 1. The van der Waals surface area contributed by atoms with Gasteiger partial charge in [-0.05, 0) is 61.2 Å². The second kappa shape index (κ2) is 6.56. The number of hydrogen-bond acceptors (Lipinski definition) is 3. The number of hydrogen-bond donors (Lipinski definition) is 2. The van der Waals surface area contributed by atoms with Gasteiger partial charge in [0.1, 0.15) is 5.60 Å². The standard InChI is InChI=1S/C20H32Br2O3/c1-11(2)12-5-6-13(23)16-17-18(3,7-8-20(12,16)10-21)14(22)9-15(24)19(17,4)25/h11-14,16-17,23,25H,5-10H2,1-4H3/t12-,13-,14-,16-,17-,18+,19+,20-/m0/s1. The van der Waals surface area contributed by atoms with Crippen molar-refractivity contribution in [1.82, 2.24) is 0 Å². The normalized spacial score (nSPS) is 53.5. The molecule has 3 nitrogen and oxygen atoms in total. The summed E-state index contributed by atoms with van der Waals surface area (Å²) in [6, 6.07) is 0. The van der Waals surface area contributed by atoms with E-state index in [2.05, 4.69) is 52.6 Å². The fourth-order valence-corrected chi connectivity index (χ4v) is 8.67. The van der Waals surface area contributed by atoms with Crippen LogP contribution in [0.1, 0.15) is 59.8 Å². The predicted octanol–water partition coefficient (Wildman–Crippen LogP) is 4.31. The molecule has 3 fully saturated rings. The Morgan fingerprint density at radius 2 is 1.88 bits per heavy atom. The Morgan fingerprint density at radius 3 is 2.44 bits per heavy atom. The molecule has 144 valence electrons. The summed E-state index contributed by atoms with van der Waals surface area (Å²) >= 11 is 7.57. The van der Waals surface area contributed by atoms with Gasteiger partial charge in [-0.25, -0.2) is 0 Å². The predicted molar refractivity (Wildman–Crippen MR) is 107 cm³/mol. The molecule has 0 unspecified atom stereocenters. The molecule has 0 heterocycles. The van der Waals surface area contributed by atoms with Crippen LogP contribution in [0.25, 0.3) is 0 Å². The molecule has 0 aromatic rings. The topological polar surface area (TPSA) is 57.5 Å². The van der Waals surface area contributed by atoms with Crippen LogP contribution in [-0.2, 0) is 4.79 Å². The van der Waals surface area contributed by atoms with Crippen molar-refractivity contribution in [3.63, 3.8) is 0 Å². The Bertz CT molecular complexity index is 549. The molecule has 0 aromatic carbocycles. The van der Waals surface area contributed by atoms with E-state index in [0.29, 0.717) is 18.3 Å². The van der Waals surface area contributed by atoms with Crippen LogP contribution in [0.2, 0.25) is 0 Å². The lowest BCUT2D eigenvalue weighted by Gasteiger charge is -2.67. The Kier molecular flexibility index (Phi) is 5.33. The minimum atomic E-state index is -1.36. The van der Waals surface area contributed by atoms with Crippen molar-refractivity contribution in [3.05, 3.63) is 0 Å². The summed E-state index contributed by atoms with van der Waals surface area (Å²) in [5, 5.41) is 23.2. The Morgan fingerprint density at radius 1 is 1.24 bits per heavy atom. The first-order chi connectivity index (χ1) is 11.5. The molecule has 3 aliphatic carbocycles. The number of fused-ring (bicyclic) bond motifs is 3. The molecule has 0 amide bonds. The summed E-state index contributed by atoms with van der Waals surface area (Å²) in [5.41, 5.74) is -1.59. The quantitative estimate of drug-likeness (QED) is 0.580. The zero-order chi connectivity index (χ0) is 18.8. The van der Waals surface area contributed by atoms with Crippen molar-refractivity contribution in [3.8, 4) is 0 Å². The van der Waals surface area contributed by atoms with Gasteiger partial charge in [-0.1, -0.05) is 52.6 Å². The van der Waals surface area contributed by atoms with Crippen LogP contribution in [0.3, 0.4) is 0 Å². The van der Waals surface area contributed by atoms with Crippen LogP contribution in [0.5, 0.6) is 0 Å². The van der Waals surface area contributed by atoms with Gasteiger partial charge in [0.2, 0.25) is 0 Å². The van der Waals surface area contributed by atoms with Crippen molar-refractivity contribution < 1.29 is 15.0 Å². The maximum absolute atomic E-state index is 12.7. The number of ketones is 1. The highest BCUT2D eigenvalue weighted by atomic mass is 79.9. The van der Waals surface area contributed by atoms with Crippen LogP contribution >= 0.6 is 31.9 Å². The average molecular weight is 480 g/mol. The van der Waals surface area contributed by atoms with E-state index in [0.717, 1.165) is 31.0 Å². The van der Waals surface area contributed by atoms with Gasteiger partial charge >= 0.3 is 0 Å². The largest absolute Gasteiger partial charge is 0.393 e. The summed E-state index contributed by atoms with van der Waals surface area (Å²) < 4.78 is 0. The summed E-state index contributed by atoms with van der Waals surface area (Å²) in [4.78, 5) is 12.8. The maximum atomic E-state index is 12.7. The smallest absolute Gasteiger partial charge is 0.165 e. The highest BCUT2D eigenvalue weighted by molar-refractivity contribution is 9.09. The summed E-state index contributed by atoms with van der Waals surface area (Å²) in [5.74, 6) is 0.688. The molecule has 25 heavy (non-hydrogen) atoms. The number of alkyl halides is 2. The second-order valence-electron chi connectivity index (χ2n) is 9.61. The lowest BCUT2D eigenvalue weighted by atomic mass is 9.40. The lowest BCUT2D eigenvalue weighted by molar-refractivity contribution is -0.218. The Labute approximate surface area is 168 Å². The van der Waals surface area contributed by atoms with Crippen molar-refractivity contribution in [2.45, 2.75) is 76.3 Å². The van der Waals surface area contributed by atoms with Crippen molar-refractivity contribution >= 4 is 37.6 Å². The molecule has 0 radical (unpaired) electrons. The van der Waals surface area contributed by atoms with E-state index in [1.165, 1.54) is 0 Å². The molecule has 3 rings (SSSR count). The fraction of sp³-hybridized carbons (Fsp3) is 0.950. The van der Waals surface area contributed by atoms with Crippen LogP contribution < -0.4 is 0 Å². The number of aliphatic hydroxyl groups excluding tert-OH is 1. The first-order valence-electron chi connectivity index (χ1n) is 9.66. The van der Waals surface area contributed by atoms with E-state index >= 15 is 0 Å². The number of aliphatic hydroxyl groups is 2. The van der Waals surface area contributed by atoms with Crippen molar-refractivity contribution in [1.29, 1.82) is 0 Å². The molecule has 5 heteroatoms. The van der Waals surface area contributed by atoms with E-state index in [4.69, 9.17) is 0 Å². The number of halogens is 2. The van der Waals surface area contributed by atoms with Crippen molar-refractivity contribution in [2.75, 3.05) is 5.33 Å². The van der Waals surface area contributed by atoms with E-state index in [1.807, 2.05) is 0 Å². The highest BCUT2D eigenvalue weighted by Gasteiger charge is 2.68. The fourth-order valence-electron chi connectivity index (χ4n) is 6.79. The monoisotopic (exact) mass is 478 g/mol. The number of rotatable bonds is 2. The third-order valence-corrected chi connectivity index (χ3v) is 10.5. The first kappa shape index (κ1) is 20.3. The number of carbonyl (C=O) groups excluding carboxylic acids is 1. The van der Waals surface area contributed by atoms with Gasteiger partial charge in [0.25, 0.3) is 0 Å². The number of carbonyl (C=O) groups is 1. The molecule has 3 aliphatic rings. The van der Waals surface area contributed by atoms with E-state index < -0.39 is 11.7 Å². The van der Waals surface area contributed by atoms with E-state index in [9.17, 15) is 15.0 Å². The summed E-state index contributed by atoms with van der Waals surface area (Å²) in [6.45, 7) is 8.46. The maximum Gasteiger partial charge on any atom is 0.165 e. The molecule has 0 aliphatic heterocycles. The minimum Gasteiger partial charge on any atom is -0.393 e. The van der Waals surface area contributed by atoms with E-state index in [1.54, 1.807) is 6.92 Å². The van der Waals surface area contributed by atoms with Gasteiger partial charge in [0.15, 0.2) is 5.78 Å². The van der Waals surface area contributed by atoms with Crippen LogP contribution in [0.4, 0.5) is 0 Å². The summed E-state index contributed by atoms with van der Waals surface area (Å²) in [6.07, 6.45) is 3.74. The molecule has 0 spiro atoms. The van der Waals surface area contributed by atoms with Gasteiger partial charge in [-0.3, -0.25) is 4.79 Å². The Balaban J connectivity index is 2.16. The van der Waals surface area contributed by atoms with Gasteiger partial charge in [0.05, 0.1) is 6.10 Å². The zero-order valence-electron chi connectivity index (χ0n) is 15.8. The van der Waals surface area contributed by atoms with Crippen LogP contribution in [0, 0.1) is 34.5 Å². The molecule has 3 saturated carbocycles. The van der Waals surface area contributed by atoms with Crippen LogP contribution in [0.15, 0.2) is 0 Å². The van der Waals surface area contributed by atoms with Crippen molar-refractivity contribution in [2.24, 2.45) is 34.5 Å². The molecule has 0 saturated heterocycles. The van der Waals surface area contributed by atoms with Gasteiger partial charge < -0.3 is 10.2 Å². The average Bonchev–Trinajstić information content (AvgIpc) is 2.53. The second-order valence-corrected chi connectivity index (χ2v) is 11.3. The summed E-state index contributed by atoms with van der Waals surface area (Å²) in [7, 11) is 0. The van der Waals surface area contributed by atoms with Gasteiger partial charge in [-0.15, -0.1) is 0 Å². The van der Waals surface area contributed by atoms with Crippen LogP contribution in [-0.4, -0.2) is 37.9 Å². The third kappa shape index (κ3) is 2.74. The Hall–Kier alpha value is 0.550. The lowest BCUT2D eigenvalue weighted by Crippen LogP contribution is -2.70. The minimum absolute atomic E-state index is 0.0499. The highest BCUT2D eigenvalue weighted by Crippen LogP contribution is 2.67. The molecule has 0 bridgehead atoms. The molecular formula is C20H32Br2O3. The third-order valence-electron chi connectivity index (χ3n) is 8.09. The van der Waals surface area contributed by atoms with Gasteiger partial charge in [0, 0.05) is 22.5 Å². The molecule has 8 atom stereocenters. The zero-order valence-corrected chi connectivity index (χ0v) is 18.9. The van der Waals surface area contributed by atoms with Gasteiger partial charge in [-0.2, -0.15) is 0 Å². The molecule has 2 N–H and O–H groups in total. The van der Waals surface area contributed by atoms with E-state index in [-0.39, 0.29) is 33.3 Å². The molecule has 0 aromatic heterocycles. The SMILES string of the molecule is CC(C)[C@@H]1CC[C@H](O)[C@H]2[C@H]3[C@](C)(CC[C@@]21CBr)[C@@H](Br)CC(=O)[C@@]3(C)O. The molecular weight excluding hydrogens is 448 g/mol.